The van der Waals surface area contributed by atoms with Crippen molar-refractivity contribution in [3.8, 4) is 0 Å². The molecule has 16 heavy (non-hydrogen) atoms. The quantitative estimate of drug-likeness (QED) is 0.611. The summed E-state index contributed by atoms with van der Waals surface area (Å²) in [6.07, 6.45) is 5.58. The molecule has 0 aromatic rings. The summed E-state index contributed by atoms with van der Waals surface area (Å²) < 4.78 is 0. The van der Waals surface area contributed by atoms with E-state index in [9.17, 15) is 4.79 Å². The number of rotatable bonds is 1. The van der Waals surface area contributed by atoms with Crippen LogP contribution in [0.15, 0.2) is 12.2 Å². The van der Waals surface area contributed by atoms with Crippen LogP contribution in [0.25, 0.3) is 0 Å². The summed E-state index contributed by atoms with van der Waals surface area (Å²) >= 11 is 0. The second kappa shape index (κ2) is 4.01. The molecule has 2 aliphatic carbocycles. The summed E-state index contributed by atoms with van der Waals surface area (Å²) in [6.45, 7) is 10.7. The van der Waals surface area contributed by atoms with Crippen molar-refractivity contribution in [1.29, 1.82) is 0 Å². The summed E-state index contributed by atoms with van der Waals surface area (Å²) in [5.41, 5.74) is 1.60. The van der Waals surface area contributed by atoms with Gasteiger partial charge in [0, 0.05) is 12.3 Å². The van der Waals surface area contributed by atoms with Gasteiger partial charge in [0.15, 0.2) is 0 Å². The average Bonchev–Trinajstić information content (AvgIpc) is 2.46. The molecular weight excluding hydrogens is 196 g/mol. The van der Waals surface area contributed by atoms with Gasteiger partial charge in [0.25, 0.3) is 0 Å². The monoisotopic (exact) mass is 220 g/mol. The molecule has 4 unspecified atom stereocenters. The van der Waals surface area contributed by atoms with Crippen molar-refractivity contribution < 1.29 is 4.79 Å². The summed E-state index contributed by atoms with van der Waals surface area (Å²) in [7, 11) is 0. The van der Waals surface area contributed by atoms with Gasteiger partial charge in [0.05, 0.1) is 0 Å². The summed E-state index contributed by atoms with van der Waals surface area (Å²) in [4.78, 5) is 12.0. The number of ketones is 1. The van der Waals surface area contributed by atoms with E-state index in [-0.39, 0.29) is 11.3 Å². The van der Waals surface area contributed by atoms with Crippen LogP contribution in [0.4, 0.5) is 0 Å². The van der Waals surface area contributed by atoms with Gasteiger partial charge in [0.1, 0.15) is 5.78 Å². The van der Waals surface area contributed by atoms with Gasteiger partial charge >= 0.3 is 0 Å². The predicted molar refractivity (Wildman–Crippen MR) is 67.2 cm³/mol. The Morgan fingerprint density at radius 2 is 2.06 bits per heavy atom. The largest absolute Gasteiger partial charge is 0.299 e. The number of carbonyl (C=O) groups is 1. The van der Waals surface area contributed by atoms with Crippen LogP contribution in [-0.4, -0.2) is 5.78 Å². The van der Waals surface area contributed by atoms with Gasteiger partial charge in [-0.15, -0.1) is 0 Å². The minimum Gasteiger partial charge on any atom is -0.299 e. The molecule has 0 radical (unpaired) electrons. The van der Waals surface area contributed by atoms with Crippen LogP contribution in [0, 0.1) is 23.2 Å². The van der Waals surface area contributed by atoms with Crippen LogP contribution in [0.5, 0.6) is 0 Å². The second-order valence-corrected chi connectivity index (χ2v) is 6.37. The molecule has 2 aliphatic rings. The first kappa shape index (κ1) is 11.9. The smallest absolute Gasteiger partial charge is 0.136 e. The van der Waals surface area contributed by atoms with Gasteiger partial charge in [-0.25, -0.2) is 0 Å². The van der Waals surface area contributed by atoms with E-state index in [1.165, 1.54) is 24.8 Å². The molecule has 0 aromatic heterocycles. The van der Waals surface area contributed by atoms with Crippen molar-refractivity contribution in [3.63, 3.8) is 0 Å². The summed E-state index contributed by atoms with van der Waals surface area (Å²) in [6, 6.07) is 0. The van der Waals surface area contributed by atoms with E-state index in [4.69, 9.17) is 0 Å². The van der Waals surface area contributed by atoms with Crippen LogP contribution in [-0.2, 0) is 4.79 Å². The molecule has 0 amide bonds. The highest BCUT2D eigenvalue weighted by Gasteiger charge is 2.47. The third-order valence-electron chi connectivity index (χ3n) is 5.08. The average molecular weight is 220 g/mol. The highest BCUT2D eigenvalue weighted by atomic mass is 16.1. The van der Waals surface area contributed by atoms with Crippen molar-refractivity contribution in [1.82, 2.24) is 0 Å². The molecule has 2 saturated carbocycles. The first-order chi connectivity index (χ1) is 7.44. The maximum absolute atomic E-state index is 12.0. The van der Waals surface area contributed by atoms with Gasteiger partial charge in [-0.1, -0.05) is 26.0 Å². The maximum Gasteiger partial charge on any atom is 0.136 e. The molecule has 0 saturated heterocycles. The van der Waals surface area contributed by atoms with Crippen LogP contribution in [0.2, 0.25) is 0 Å². The van der Waals surface area contributed by atoms with Crippen molar-refractivity contribution in [2.75, 3.05) is 0 Å². The topological polar surface area (TPSA) is 17.1 Å². The number of fused-ring (bicyclic) bond motifs is 1. The molecule has 90 valence electrons. The lowest BCUT2D eigenvalue weighted by molar-refractivity contribution is -0.124. The van der Waals surface area contributed by atoms with Crippen molar-refractivity contribution in [3.05, 3.63) is 12.2 Å². The zero-order valence-electron chi connectivity index (χ0n) is 10.9. The molecule has 0 aliphatic heterocycles. The second-order valence-electron chi connectivity index (χ2n) is 6.37. The first-order valence-electron chi connectivity index (χ1n) is 6.62. The highest BCUT2D eigenvalue weighted by molar-refractivity contribution is 5.81. The minimum absolute atomic E-state index is 0.269. The molecular formula is C15H24O. The van der Waals surface area contributed by atoms with Crippen molar-refractivity contribution in [2.24, 2.45) is 23.2 Å². The normalized spacial score (nSPS) is 43.9. The Bertz CT molecular complexity index is 317. The number of hydrogen-bond acceptors (Lipinski definition) is 1. The van der Waals surface area contributed by atoms with E-state index >= 15 is 0 Å². The number of hydrogen-bond donors (Lipinski definition) is 0. The van der Waals surface area contributed by atoms with E-state index in [1.54, 1.807) is 0 Å². The Hall–Kier alpha value is -0.590. The molecule has 0 N–H and O–H groups in total. The Morgan fingerprint density at radius 1 is 1.38 bits per heavy atom. The Balaban J connectivity index is 2.24. The first-order valence-corrected chi connectivity index (χ1v) is 6.62. The van der Waals surface area contributed by atoms with E-state index in [0.29, 0.717) is 17.6 Å². The van der Waals surface area contributed by atoms with E-state index in [2.05, 4.69) is 27.4 Å². The Kier molecular flexibility index (Phi) is 2.98. The molecule has 0 spiro atoms. The minimum atomic E-state index is 0.269. The molecule has 0 aromatic carbocycles. The fraction of sp³-hybridized carbons (Fsp3) is 0.800. The third kappa shape index (κ3) is 1.85. The van der Waals surface area contributed by atoms with E-state index < -0.39 is 0 Å². The van der Waals surface area contributed by atoms with Gasteiger partial charge in [-0.2, -0.15) is 0 Å². The van der Waals surface area contributed by atoms with E-state index in [0.717, 1.165) is 12.8 Å². The number of Topliss-reactive ketones (excluding diaryl/α,β-unsaturated/α-hetero) is 1. The molecule has 1 heteroatoms. The van der Waals surface area contributed by atoms with Gasteiger partial charge in [-0.05, 0) is 49.9 Å². The summed E-state index contributed by atoms with van der Waals surface area (Å²) in [5, 5.41) is 0. The molecule has 4 atom stereocenters. The molecule has 1 nitrogen and oxygen atoms in total. The third-order valence-corrected chi connectivity index (χ3v) is 5.08. The standard InChI is InChI=1S/C15H24O/c1-10(2)12-7-8-15(4)9-14(16)11(3)5-6-13(12)15/h11-13H,1,5-9H2,2-4H3. The summed E-state index contributed by atoms with van der Waals surface area (Å²) in [5.74, 6) is 2.16. The van der Waals surface area contributed by atoms with Gasteiger partial charge in [0.2, 0.25) is 0 Å². The Morgan fingerprint density at radius 3 is 2.69 bits per heavy atom. The number of allylic oxidation sites excluding steroid dienone is 1. The predicted octanol–water partition coefficient (Wildman–Crippen LogP) is 3.98. The lowest BCUT2D eigenvalue weighted by Crippen LogP contribution is -2.26. The lowest BCUT2D eigenvalue weighted by Gasteiger charge is -2.32. The lowest BCUT2D eigenvalue weighted by atomic mass is 9.72. The van der Waals surface area contributed by atoms with Gasteiger partial charge in [-0.3, -0.25) is 4.79 Å². The van der Waals surface area contributed by atoms with Crippen LogP contribution < -0.4 is 0 Å². The van der Waals surface area contributed by atoms with Crippen LogP contribution in [0.1, 0.15) is 52.9 Å². The van der Waals surface area contributed by atoms with E-state index in [1.807, 2.05) is 0 Å². The van der Waals surface area contributed by atoms with Crippen LogP contribution in [0.3, 0.4) is 0 Å². The molecule has 2 rings (SSSR count). The zero-order chi connectivity index (χ0) is 11.9. The zero-order valence-corrected chi connectivity index (χ0v) is 10.9. The number of carbonyl (C=O) groups excluding carboxylic acids is 1. The molecule has 0 bridgehead atoms. The van der Waals surface area contributed by atoms with Crippen LogP contribution >= 0.6 is 0 Å². The Labute approximate surface area is 99.3 Å². The maximum atomic E-state index is 12.0. The SMILES string of the molecule is C=C(C)C1CCC2(C)CC(=O)C(C)CCC12. The molecule has 2 fully saturated rings. The molecule has 0 heterocycles. The van der Waals surface area contributed by atoms with Crippen molar-refractivity contribution in [2.45, 2.75) is 52.9 Å². The van der Waals surface area contributed by atoms with Gasteiger partial charge < -0.3 is 0 Å². The fourth-order valence-electron chi connectivity index (χ4n) is 3.88. The fourth-order valence-corrected chi connectivity index (χ4v) is 3.88. The van der Waals surface area contributed by atoms with Crippen molar-refractivity contribution >= 4 is 5.78 Å². The highest BCUT2D eigenvalue weighted by Crippen LogP contribution is 2.55.